The Bertz CT molecular complexity index is 465. The number of halogens is 1. The molecule has 1 aromatic carbocycles. The Hall–Kier alpha value is -0.650. The number of benzene rings is 1. The monoisotopic (exact) mass is 342 g/mol. The van der Waals surface area contributed by atoms with Crippen molar-refractivity contribution in [2.24, 2.45) is 5.73 Å². The van der Waals surface area contributed by atoms with Gasteiger partial charge in [0.1, 0.15) is 4.99 Å². The van der Waals surface area contributed by atoms with Crippen LogP contribution in [-0.4, -0.2) is 29.3 Å². The number of piperidine rings is 1. The fourth-order valence-electron chi connectivity index (χ4n) is 2.72. The molecule has 1 fully saturated rings. The minimum Gasteiger partial charge on any atom is -0.396 e. The van der Waals surface area contributed by atoms with Gasteiger partial charge >= 0.3 is 0 Å². The van der Waals surface area contributed by atoms with E-state index in [4.69, 9.17) is 18.0 Å². The fraction of sp³-hybridized carbons (Fsp3) is 0.500. The first-order chi connectivity index (χ1) is 9.13. The van der Waals surface area contributed by atoms with E-state index in [1.165, 1.54) is 12.8 Å². The minimum absolute atomic E-state index is 0.220. The van der Waals surface area contributed by atoms with Gasteiger partial charge in [0.15, 0.2) is 0 Å². The molecule has 19 heavy (non-hydrogen) atoms. The number of aliphatic hydroxyl groups excluding tert-OH is 1. The van der Waals surface area contributed by atoms with Crippen molar-refractivity contribution in [3.63, 3.8) is 0 Å². The molecule has 0 aromatic heterocycles. The van der Waals surface area contributed by atoms with Crippen LogP contribution in [0, 0.1) is 0 Å². The average molecular weight is 343 g/mol. The lowest BCUT2D eigenvalue weighted by Crippen LogP contribution is -2.41. The molecule has 104 valence electrons. The lowest BCUT2D eigenvalue weighted by Gasteiger charge is -2.38. The van der Waals surface area contributed by atoms with E-state index in [1.807, 2.05) is 12.1 Å². The topological polar surface area (TPSA) is 49.5 Å². The van der Waals surface area contributed by atoms with E-state index < -0.39 is 0 Å². The Morgan fingerprint density at radius 1 is 1.47 bits per heavy atom. The third kappa shape index (κ3) is 3.46. The van der Waals surface area contributed by atoms with Gasteiger partial charge in [-0.25, -0.2) is 0 Å². The van der Waals surface area contributed by atoms with Crippen molar-refractivity contribution < 1.29 is 5.11 Å². The van der Waals surface area contributed by atoms with E-state index in [-0.39, 0.29) is 6.61 Å². The molecule has 2 rings (SSSR count). The standard InChI is InChI=1S/C14H19BrN2OS/c15-10-4-5-12(14(16)19)13(9-10)17-7-2-1-3-11(17)6-8-18/h4-5,9,11,18H,1-3,6-8H2,(H2,16,19). The third-order valence-corrected chi connectivity index (χ3v) is 4.34. The second kappa shape index (κ2) is 6.68. The van der Waals surface area contributed by atoms with Gasteiger partial charge in [0.2, 0.25) is 0 Å². The summed E-state index contributed by atoms with van der Waals surface area (Å²) in [6.45, 7) is 1.22. The number of thiocarbonyl (C=S) groups is 1. The second-order valence-corrected chi connectivity index (χ2v) is 6.24. The van der Waals surface area contributed by atoms with Gasteiger partial charge in [0.05, 0.1) is 0 Å². The highest BCUT2D eigenvalue weighted by atomic mass is 79.9. The molecule has 0 radical (unpaired) electrons. The molecule has 1 aromatic rings. The summed E-state index contributed by atoms with van der Waals surface area (Å²) in [7, 11) is 0. The molecular weight excluding hydrogens is 324 g/mol. The van der Waals surface area contributed by atoms with Crippen molar-refractivity contribution in [3.05, 3.63) is 28.2 Å². The molecule has 1 saturated heterocycles. The number of anilines is 1. The second-order valence-electron chi connectivity index (χ2n) is 4.88. The number of nitrogens with zero attached hydrogens (tertiary/aromatic N) is 1. The van der Waals surface area contributed by atoms with Gasteiger partial charge in [-0.15, -0.1) is 0 Å². The molecule has 1 aliphatic heterocycles. The molecule has 0 bridgehead atoms. The van der Waals surface area contributed by atoms with Crippen molar-refractivity contribution in [1.82, 2.24) is 0 Å². The van der Waals surface area contributed by atoms with Crippen LogP contribution < -0.4 is 10.6 Å². The van der Waals surface area contributed by atoms with Crippen molar-refractivity contribution in [3.8, 4) is 0 Å². The highest BCUT2D eigenvalue weighted by Crippen LogP contribution is 2.31. The van der Waals surface area contributed by atoms with Crippen LogP contribution >= 0.6 is 28.1 Å². The van der Waals surface area contributed by atoms with E-state index in [0.717, 1.165) is 35.1 Å². The average Bonchev–Trinajstić information content (AvgIpc) is 2.39. The molecule has 1 aliphatic rings. The van der Waals surface area contributed by atoms with Crippen LogP contribution in [0.5, 0.6) is 0 Å². The van der Waals surface area contributed by atoms with Crippen molar-refractivity contribution in [2.75, 3.05) is 18.1 Å². The summed E-state index contributed by atoms with van der Waals surface area (Å²) in [5.41, 5.74) is 7.83. The molecular formula is C14H19BrN2OS. The lowest BCUT2D eigenvalue weighted by molar-refractivity contribution is 0.262. The SMILES string of the molecule is NC(=S)c1ccc(Br)cc1N1CCCCC1CCO. The molecule has 1 heterocycles. The van der Waals surface area contributed by atoms with Gasteiger partial charge in [-0.3, -0.25) is 0 Å². The predicted molar refractivity (Wildman–Crippen MR) is 86.7 cm³/mol. The quantitative estimate of drug-likeness (QED) is 0.826. The van der Waals surface area contributed by atoms with E-state index >= 15 is 0 Å². The summed E-state index contributed by atoms with van der Waals surface area (Å²) in [4.78, 5) is 2.77. The normalized spacial score (nSPS) is 19.5. The summed E-state index contributed by atoms with van der Waals surface area (Å²) in [6.07, 6.45) is 4.30. The summed E-state index contributed by atoms with van der Waals surface area (Å²) in [5, 5.41) is 9.23. The van der Waals surface area contributed by atoms with Crippen molar-refractivity contribution in [2.45, 2.75) is 31.7 Å². The predicted octanol–water partition coefficient (Wildman–Crippen LogP) is 2.82. The Kier molecular flexibility index (Phi) is 5.19. The smallest absolute Gasteiger partial charge is 0.106 e. The van der Waals surface area contributed by atoms with Crippen LogP contribution in [0.25, 0.3) is 0 Å². The van der Waals surface area contributed by atoms with Crippen LogP contribution in [0.15, 0.2) is 22.7 Å². The molecule has 3 N–H and O–H groups in total. The number of aliphatic hydroxyl groups is 1. The largest absolute Gasteiger partial charge is 0.396 e. The fourth-order valence-corrected chi connectivity index (χ4v) is 3.24. The molecule has 1 unspecified atom stereocenters. The Morgan fingerprint density at radius 2 is 2.26 bits per heavy atom. The van der Waals surface area contributed by atoms with Crippen LogP contribution in [-0.2, 0) is 0 Å². The van der Waals surface area contributed by atoms with Crippen molar-refractivity contribution >= 4 is 38.8 Å². The van der Waals surface area contributed by atoms with Crippen LogP contribution in [0.3, 0.4) is 0 Å². The number of nitrogens with two attached hydrogens (primary N) is 1. The van der Waals surface area contributed by atoms with E-state index in [0.29, 0.717) is 11.0 Å². The zero-order valence-electron chi connectivity index (χ0n) is 10.8. The molecule has 0 amide bonds. The van der Waals surface area contributed by atoms with Gasteiger partial charge in [-0.1, -0.05) is 28.1 Å². The molecule has 0 saturated carbocycles. The van der Waals surface area contributed by atoms with Crippen LogP contribution in [0.4, 0.5) is 5.69 Å². The maximum Gasteiger partial charge on any atom is 0.106 e. The summed E-state index contributed by atoms with van der Waals surface area (Å²) < 4.78 is 1.02. The Balaban J connectivity index is 2.37. The highest BCUT2D eigenvalue weighted by Gasteiger charge is 2.24. The first kappa shape index (κ1) is 14.8. The first-order valence-corrected chi connectivity index (χ1v) is 7.80. The number of rotatable bonds is 4. The minimum atomic E-state index is 0.220. The zero-order chi connectivity index (χ0) is 13.8. The van der Waals surface area contributed by atoms with E-state index in [1.54, 1.807) is 0 Å². The summed E-state index contributed by atoms with van der Waals surface area (Å²) in [5.74, 6) is 0. The first-order valence-electron chi connectivity index (χ1n) is 6.60. The molecule has 0 aliphatic carbocycles. The lowest BCUT2D eigenvalue weighted by atomic mass is 9.97. The van der Waals surface area contributed by atoms with Gasteiger partial charge in [0.25, 0.3) is 0 Å². The maximum atomic E-state index is 9.23. The van der Waals surface area contributed by atoms with E-state index in [2.05, 4.69) is 26.9 Å². The summed E-state index contributed by atoms with van der Waals surface area (Å²) in [6, 6.07) is 6.38. The molecule has 5 heteroatoms. The van der Waals surface area contributed by atoms with Gasteiger partial charge in [-0.2, -0.15) is 0 Å². The third-order valence-electron chi connectivity index (χ3n) is 3.62. The van der Waals surface area contributed by atoms with Gasteiger partial charge < -0.3 is 15.7 Å². The Labute approximate surface area is 127 Å². The van der Waals surface area contributed by atoms with Crippen LogP contribution in [0.1, 0.15) is 31.2 Å². The molecule has 3 nitrogen and oxygen atoms in total. The Morgan fingerprint density at radius 3 is 2.95 bits per heavy atom. The van der Waals surface area contributed by atoms with E-state index in [9.17, 15) is 5.11 Å². The number of hydrogen-bond donors (Lipinski definition) is 2. The molecule has 0 spiro atoms. The van der Waals surface area contributed by atoms with Crippen molar-refractivity contribution in [1.29, 1.82) is 0 Å². The maximum absolute atomic E-state index is 9.23. The summed E-state index contributed by atoms with van der Waals surface area (Å²) >= 11 is 8.66. The zero-order valence-corrected chi connectivity index (χ0v) is 13.2. The highest BCUT2D eigenvalue weighted by molar-refractivity contribution is 9.10. The van der Waals surface area contributed by atoms with Gasteiger partial charge in [0, 0.05) is 34.9 Å². The van der Waals surface area contributed by atoms with Gasteiger partial charge in [-0.05, 0) is 43.9 Å². The number of hydrogen-bond acceptors (Lipinski definition) is 3. The molecule has 1 atom stereocenters. The van der Waals surface area contributed by atoms with Crippen LogP contribution in [0.2, 0.25) is 0 Å².